The fraction of sp³-hybridized carbons (Fsp3) is 0.500. The van der Waals surface area contributed by atoms with Crippen molar-refractivity contribution < 1.29 is 9.90 Å². The summed E-state index contributed by atoms with van der Waals surface area (Å²) in [4.78, 5) is 12.4. The zero-order valence-corrected chi connectivity index (χ0v) is 11.9. The number of hydrogen-bond donors (Lipinski definition) is 1. The predicted molar refractivity (Wildman–Crippen MR) is 74.3 cm³/mol. The summed E-state index contributed by atoms with van der Waals surface area (Å²) >= 11 is 6.38. The Morgan fingerprint density at radius 1 is 1.44 bits per heavy atom. The Balaban J connectivity index is 2.59. The molecule has 0 heterocycles. The van der Waals surface area contributed by atoms with Gasteiger partial charge in [0.15, 0.2) is 0 Å². The highest BCUT2D eigenvalue weighted by Crippen LogP contribution is 2.25. The molecule has 0 spiro atoms. The Morgan fingerprint density at radius 2 is 2.11 bits per heavy atom. The van der Waals surface area contributed by atoms with Crippen molar-refractivity contribution in [2.75, 3.05) is 20.1 Å². The normalized spacial score (nSPS) is 12.7. The Morgan fingerprint density at radius 3 is 2.67 bits per heavy atom. The lowest BCUT2D eigenvalue weighted by Crippen LogP contribution is -2.25. The van der Waals surface area contributed by atoms with Gasteiger partial charge in [0.25, 0.3) is 0 Å². The third-order valence-electron chi connectivity index (χ3n) is 2.94. The zero-order valence-electron chi connectivity index (χ0n) is 11.1. The minimum Gasteiger partial charge on any atom is -0.481 e. The van der Waals surface area contributed by atoms with E-state index in [1.807, 2.05) is 18.0 Å². The molecule has 0 radical (unpaired) electrons. The highest BCUT2D eigenvalue weighted by atomic mass is 35.5. The maximum absolute atomic E-state index is 10.5. The zero-order chi connectivity index (χ0) is 13.7. The predicted octanol–water partition coefficient (Wildman–Crippen LogP) is 2.99. The molecule has 0 aliphatic heterocycles. The molecule has 1 unspecified atom stereocenters. The first-order valence-corrected chi connectivity index (χ1v) is 6.45. The van der Waals surface area contributed by atoms with Crippen LogP contribution < -0.4 is 0 Å². The number of halogens is 1. The molecule has 3 nitrogen and oxygen atoms in total. The summed E-state index contributed by atoms with van der Waals surface area (Å²) < 4.78 is 0. The van der Waals surface area contributed by atoms with E-state index in [-0.39, 0.29) is 11.8 Å². The summed E-state index contributed by atoms with van der Waals surface area (Å²) in [5, 5.41) is 8.52. The molecular formula is C14H20ClNO2. The standard InChI is InChI=1S/C14H20ClNO2/c1-10-4-5-12(11(2)8-10)13(15)9-16(3)7-6-14(17)18/h4-5,8,13H,6-7,9H2,1-3H3,(H,17,18). The molecule has 4 heteroatoms. The van der Waals surface area contributed by atoms with E-state index in [0.717, 1.165) is 5.56 Å². The summed E-state index contributed by atoms with van der Waals surface area (Å²) in [5.41, 5.74) is 3.52. The molecular weight excluding hydrogens is 250 g/mol. The molecule has 0 aromatic heterocycles. The number of likely N-dealkylation sites (N-methyl/N-ethyl adjacent to an activating group) is 1. The molecule has 0 fully saturated rings. The number of benzene rings is 1. The van der Waals surface area contributed by atoms with Crippen molar-refractivity contribution in [3.63, 3.8) is 0 Å². The highest BCUT2D eigenvalue weighted by molar-refractivity contribution is 6.21. The molecule has 1 N–H and O–H groups in total. The first-order chi connectivity index (χ1) is 8.40. The number of hydrogen-bond acceptors (Lipinski definition) is 2. The van der Waals surface area contributed by atoms with Gasteiger partial charge in [0, 0.05) is 13.1 Å². The van der Waals surface area contributed by atoms with Crippen LogP contribution in [0.1, 0.15) is 28.5 Å². The second-order valence-electron chi connectivity index (χ2n) is 4.73. The lowest BCUT2D eigenvalue weighted by Gasteiger charge is -2.20. The van der Waals surface area contributed by atoms with Crippen LogP contribution in [0.5, 0.6) is 0 Å². The number of rotatable bonds is 6. The van der Waals surface area contributed by atoms with Gasteiger partial charge in [-0.15, -0.1) is 11.6 Å². The third kappa shape index (κ3) is 4.67. The van der Waals surface area contributed by atoms with Crippen molar-refractivity contribution in [2.45, 2.75) is 25.6 Å². The molecule has 0 saturated heterocycles. The molecule has 1 aromatic carbocycles. The summed E-state index contributed by atoms with van der Waals surface area (Å²) in [6.45, 7) is 5.27. The van der Waals surface area contributed by atoms with Crippen LogP contribution in [-0.2, 0) is 4.79 Å². The Bertz CT molecular complexity index is 420. The average Bonchev–Trinajstić information content (AvgIpc) is 2.26. The van der Waals surface area contributed by atoms with Crippen LogP contribution in [0.15, 0.2) is 18.2 Å². The fourth-order valence-electron chi connectivity index (χ4n) is 1.93. The Kier molecular flexibility index (Phi) is 5.63. The fourth-order valence-corrected chi connectivity index (χ4v) is 2.41. The summed E-state index contributed by atoms with van der Waals surface area (Å²) in [5.74, 6) is -0.778. The van der Waals surface area contributed by atoms with Gasteiger partial charge >= 0.3 is 5.97 Å². The number of carbonyl (C=O) groups is 1. The molecule has 0 saturated carbocycles. The maximum atomic E-state index is 10.5. The van der Waals surface area contributed by atoms with Crippen LogP contribution in [-0.4, -0.2) is 36.1 Å². The van der Waals surface area contributed by atoms with E-state index in [1.165, 1.54) is 11.1 Å². The van der Waals surface area contributed by atoms with E-state index >= 15 is 0 Å². The lowest BCUT2D eigenvalue weighted by atomic mass is 10.0. The molecule has 0 aliphatic rings. The first-order valence-electron chi connectivity index (χ1n) is 6.01. The molecule has 0 bridgehead atoms. The van der Waals surface area contributed by atoms with Crippen LogP contribution in [0, 0.1) is 13.8 Å². The number of aryl methyl sites for hydroxylation is 2. The van der Waals surface area contributed by atoms with Crippen LogP contribution >= 0.6 is 11.6 Å². The Labute approximate surface area is 113 Å². The van der Waals surface area contributed by atoms with Crippen molar-refractivity contribution in [1.82, 2.24) is 4.90 Å². The van der Waals surface area contributed by atoms with Gasteiger partial charge in [-0.2, -0.15) is 0 Å². The second-order valence-corrected chi connectivity index (χ2v) is 5.26. The van der Waals surface area contributed by atoms with E-state index in [0.29, 0.717) is 13.1 Å². The van der Waals surface area contributed by atoms with Gasteiger partial charge in [-0.1, -0.05) is 23.8 Å². The first kappa shape index (κ1) is 15.0. The molecule has 100 valence electrons. The monoisotopic (exact) mass is 269 g/mol. The number of nitrogens with zero attached hydrogens (tertiary/aromatic N) is 1. The molecule has 0 amide bonds. The second kappa shape index (κ2) is 6.76. The highest BCUT2D eigenvalue weighted by Gasteiger charge is 2.13. The molecule has 1 aromatic rings. The molecule has 0 aliphatic carbocycles. The van der Waals surface area contributed by atoms with Gasteiger partial charge in [-0.05, 0) is 32.0 Å². The minimum atomic E-state index is -0.778. The van der Waals surface area contributed by atoms with Crippen LogP contribution in [0.2, 0.25) is 0 Å². The Hall–Kier alpha value is -1.06. The SMILES string of the molecule is Cc1ccc(C(Cl)CN(C)CCC(=O)O)c(C)c1. The van der Waals surface area contributed by atoms with Crippen molar-refractivity contribution in [3.8, 4) is 0 Å². The molecule has 18 heavy (non-hydrogen) atoms. The van der Waals surface area contributed by atoms with Crippen molar-refractivity contribution >= 4 is 17.6 Å². The van der Waals surface area contributed by atoms with E-state index < -0.39 is 5.97 Å². The van der Waals surface area contributed by atoms with Crippen LogP contribution in [0.25, 0.3) is 0 Å². The number of alkyl halides is 1. The number of aliphatic carboxylic acids is 1. The smallest absolute Gasteiger partial charge is 0.304 e. The topological polar surface area (TPSA) is 40.5 Å². The van der Waals surface area contributed by atoms with Crippen molar-refractivity contribution in [1.29, 1.82) is 0 Å². The molecule has 1 atom stereocenters. The van der Waals surface area contributed by atoms with Gasteiger partial charge in [-0.3, -0.25) is 4.79 Å². The van der Waals surface area contributed by atoms with Crippen LogP contribution in [0.4, 0.5) is 0 Å². The summed E-state index contributed by atoms with van der Waals surface area (Å²) in [6, 6.07) is 6.21. The number of carboxylic acids is 1. The number of carboxylic acid groups (broad SMARTS) is 1. The van der Waals surface area contributed by atoms with E-state index in [9.17, 15) is 4.79 Å². The van der Waals surface area contributed by atoms with Crippen LogP contribution in [0.3, 0.4) is 0 Å². The summed E-state index contributed by atoms with van der Waals surface area (Å²) in [7, 11) is 1.89. The van der Waals surface area contributed by atoms with Gasteiger partial charge < -0.3 is 10.0 Å². The van der Waals surface area contributed by atoms with E-state index in [4.69, 9.17) is 16.7 Å². The molecule has 1 rings (SSSR count). The summed E-state index contributed by atoms with van der Waals surface area (Å²) in [6.07, 6.45) is 0.146. The van der Waals surface area contributed by atoms with Crippen molar-refractivity contribution in [3.05, 3.63) is 34.9 Å². The van der Waals surface area contributed by atoms with E-state index in [1.54, 1.807) is 0 Å². The largest absolute Gasteiger partial charge is 0.481 e. The van der Waals surface area contributed by atoms with Gasteiger partial charge in [0.2, 0.25) is 0 Å². The lowest BCUT2D eigenvalue weighted by molar-refractivity contribution is -0.137. The average molecular weight is 270 g/mol. The third-order valence-corrected chi connectivity index (χ3v) is 3.32. The quantitative estimate of drug-likeness (QED) is 0.807. The van der Waals surface area contributed by atoms with Gasteiger partial charge in [0.05, 0.1) is 11.8 Å². The van der Waals surface area contributed by atoms with E-state index in [2.05, 4.69) is 26.0 Å². The van der Waals surface area contributed by atoms with Crippen molar-refractivity contribution in [2.24, 2.45) is 0 Å². The maximum Gasteiger partial charge on any atom is 0.304 e. The van der Waals surface area contributed by atoms with Gasteiger partial charge in [0.1, 0.15) is 0 Å². The van der Waals surface area contributed by atoms with Gasteiger partial charge in [-0.25, -0.2) is 0 Å². The minimum absolute atomic E-state index is 0.107.